The number of aromatic hydroxyl groups is 1. The molecular weight excluding hydrogens is 204 g/mol. The van der Waals surface area contributed by atoms with Gasteiger partial charge in [0.15, 0.2) is 0 Å². The lowest BCUT2D eigenvalue weighted by molar-refractivity contribution is -0.114. The Hall–Kier alpha value is -1.97. The first-order chi connectivity index (χ1) is 7.41. The van der Waals surface area contributed by atoms with Crippen LogP contribution in [-0.4, -0.2) is 25.1 Å². The zero-order valence-electron chi connectivity index (χ0n) is 9.69. The molecule has 4 heteroatoms. The highest BCUT2D eigenvalue weighted by Crippen LogP contribution is 2.25. The molecule has 0 heterocycles. The molecule has 0 unspecified atom stereocenters. The standard InChI is InChI=1S/C12H16N2O2/c1-8(12(13)16)6-9-4-5-10(14(2)3)7-11(9)15/h4-7,15H,1-3H3,(H2,13,16)/b8-6+. The van der Waals surface area contributed by atoms with Crippen LogP contribution in [0.1, 0.15) is 12.5 Å². The third-order valence-electron chi connectivity index (χ3n) is 2.29. The first kappa shape index (κ1) is 12.1. The third kappa shape index (κ3) is 2.76. The largest absolute Gasteiger partial charge is 0.507 e. The molecule has 1 aromatic carbocycles. The fraction of sp³-hybridized carbons (Fsp3) is 0.250. The summed E-state index contributed by atoms with van der Waals surface area (Å²) in [5.74, 6) is -0.358. The van der Waals surface area contributed by atoms with E-state index in [1.807, 2.05) is 25.1 Å². The SMILES string of the molecule is C/C(=C\c1ccc(N(C)C)cc1O)C(N)=O. The Morgan fingerprint density at radius 2 is 2.06 bits per heavy atom. The summed E-state index contributed by atoms with van der Waals surface area (Å²) < 4.78 is 0. The number of benzene rings is 1. The lowest BCUT2D eigenvalue weighted by atomic mass is 10.1. The van der Waals surface area contributed by atoms with E-state index in [1.165, 1.54) is 0 Å². The highest BCUT2D eigenvalue weighted by atomic mass is 16.3. The van der Waals surface area contributed by atoms with Crippen LogP contribution < -0.4 is 10.6 Å². The van der Waals surface area contributed by atoms with Gasteiger partial charge in [-0.3, -0.25) is 4.79 Å². The second-order valence-corrected chi connectivity index (χ2v) is 3.83. The second-order valence-electron chi connectivity index (χ2n) is 3.83. The summed E-state index contributed by atoms with van der Waals surface area (Å²) in [5, 5.41) is 9.75. The number of carbonyl (C=O) groups excluding carboxylic acids is 1. The minimum atomic E-state index is -0.490. The second kappa shape index (κ2) is 4.70. The molecule has 1 aromatic rings. The van der Waals surface area contributed by atoms with Crippen molar-refractivity contribution in [1.29, 1.82) is 0 Å². The molecule has 0 saturated heterocycles. The number of hydrogen-bond acceptors (Lipinski definition) is 3. The predicted octanol–water partition coefficient (Wildman–Crippen LogP) is 1.35. The maximum Gasteiger partial charge on any atom is 0.244 e. The molecule has 0 spiro atoms. The molecule has 0 radical (unpaired) electrons. The number of primary amides is 1. The Labute approximate surface area is 95.0 Å². The minimum absolute atomic E-state index is 0.131. The van der Waals surface area contributed by atoms with Crippen molar-refractivity contribution in [3.8, 4) is 5.75 Å². The Morgan fingerprint density at radius 1 is 1.44 bits per heavy atom. The zero-order chi connectivity index (χ0) is 12.3. The number of nitrogens with zero attached hydrogens (tertiary/aromatic N) is 1. The van der Waals surface area contributed by atoms with Crippen LogP contribution in [0.5, 0.6) is 5.75 Å². The molecule has 0 aromatic heterocycles. The van der Waals surface area contributed by atoms with Crippen LogP contribution in [-0.2, 0) is 4.79 Å². The summed E-state index contributed by atoms with van der Waals surface area (Å²) in [6, 6.07) is 5.25. The van der Waals surface area contributed by atoms with E-state index >= 15 is 0 Å². The van der Waals surface area contributed by atoms with Crippen LogP contribution in [0.2, 0.25) is 0 Å². The Kier molecular flexibility index (Phi) is 3.55. The van der Waals surface area contributed by atoms with E-state index in [0.717, 1.165) is 5.69 Å². The molecular formula is C12H16N2O2. The summed E-state index contributed by atoms with van der Waals surface area (Å²) in [6.07, 6.45) is 1.57. The molecule has 1 rings (SSSR count). The minimum Gasteiger partial charge on any atom is -0.507 e. The highest BCUT2D eigenvalue weighted by Gasteiger charge is 2.04. The van der Waals surface area contributed by atoms with E-state index in [1.54, 1.807) is 25.1 Å². The van der Waals surface area contributed by atoms with Crippen molar-refractivity contribution in [1.82, 2.24) is 0 Å². The topological polar surface area (TPSA) is 66.6 Å². The van der Waals surface area contributed by atoms with Gasteiger partial charge in [0, 0.05) is 37.0 Å². The first-order valence-electron chi connectivity index (χ1n) is 4.90. The summed E-state index contributed by atoms with van der Waals surface area (Å²) in [6.45, 7) is 1.61. The molecule has 86 valence electrons. The van der Waals surface area contributed by atoms with E-state index in [-0.39, 0.29) is 5.75 Å². The van der Waals surface area contributed by atoms with Crippen molar-refractivity contribution in [2.24, 2.45) is 5.73 Å². The van der Waals surface area contributed by atoms with Crippen molar-refractivity contribution < 1.29 is 9.90 Å². The third-order valence-corrected chi connectivity index (χ3v) is 2.29. The summed E-state index contributed by atoms with van der Waals surface area (Å²) in [4.78, 5) is 12.7. The number of anilines is 1. The number of phenols is 1. The molecule has 0 bridgehead atoms. The van der Waals surface area contributed by atoms with E-state index in [2.05, 4.69) is 0 Å². The summed E-state index contributed by atoms with van der Waals surface area (Å²) >= 11 is 0. The van der Waals surface area contributed by atoms with E-state index < -0.39 is 5.91 Å². The van der Waals surface area contributed by atoms with Crippen molar-refractivity contribution in [3.05, 3.63) is 29.3 Å². The maximum atomic E-state index is 10.9. The molecule has 0 fully saturated rings. The van der Waals surface area contributed by atoms with Crippen molar-refractivity contribution in [2.75, 3.05) is 19.0 Å². The smallest absolute Gasteiger partial charge is 0.244 e. The fourth-order valence-corrected chi connectivity index (χ4v) is 1.24. The lowest BCUT2D eigenvalue weighted by Crippen LogP contribution is -2.11. The maximum absolute atomic E-state index is 10.9. The van der Waals surface area contributed by atoms with Crippen LogP contribution in [0.15, 0.2) is 23.8 Å². The number of carbonyl (C=O) groups is 1. The Morgan fingerprint density at radius 3 is 2.50 bits per heavy atom. The van der Waals surface area contributed by atoms with E-state index in [4.69, 9.17) is 5.73 Å². The number of phenolic OH excluding ortho intramolecular Hbond substituents is 1. The zero-order valence-corrected chi connectivity index (χ0v) is 9.69. The van der Waals surface area contributed by atoms with Crippen molar-refractivity contribution >= 4 is 17.7 Å². The van der Waals surface area contributed by atoms with Gasteiger partial charge in [0.05, 0.1) is 0 Å². The number of amides is 1. The summed E-state index contributed by atoms with van der Waals surface area (Å²) in [7, 11) is 3.78. The van der Waals surface area contributed by atoms with Crippen LogP contribution in [0.25, 0.3) is 6.08 Å². The molecule has 0 aliphatic rings. The monoisotopic (exact) mass is 220 g/mol. The van der Waals surface area contributed by atoms with Gasteiger partial charge in [-0.1, -0.05) is 0 Å². The molecule has 16 heavy (non-hydrogen) atoms. The lowest BCUT2D eigenvalue weighted by Gasteiger charge is -2.13. The molecule has 3 N–H and O–H groups in total. The first-order valence-corrected chi connectivity index (χ1v) is 4.90. The van der Waals surface area contributed by atoms with Gasteiger partial charge in [-0.2, -0.15) is 0 Å². The molecule has 1 amide bonds. The van der Waals surface area contributed by atoms with Gasteiger partial charge >= 0.3 is 0 Å². The number of hydrogen-bond donors (Lipinski definition) is 2. The molecule has 0 aliphatic heterocycles. The molecule has 0 saturated carbocycles. The highest BCUT2D eigenvalue weighted by molar-refractivity contribution is 5.96. The van der Waals surface area contributed by atoms with Gasteiger partial charge in [0.2, 0.25) is 5.91 Å². The van der Waals surface area contributed by atoms with Gasteiger partial charge in [0.25, 0.3) is 0 Å². The molecule has 0 atom stereocenters. The van der Waals surface area contributed by atoms with Crippen LogP contribution in [0, 0.1) is 0 Å². The number of rotatable bonds is 3. The normalized spacial score (nSPS) is 11.3. The van der Waals surface area contributed by atoms with Gasteiger partial charge in [-0.25, -0.2) is 0 Å². The van der Waals surface area contributed by atoms with Crippen molar-refractivity contribution in [3.63, 3.8) is 0 Å². The fourth-order valence-electron chi connectivity index (χ4n) is 1.24. The van der Waals surface area contributed by atoms with Crippen LogP contribution >= 0.6 is 0 Å². The van der Waals surface area contributed by atoms with Crippen LogP contribution in [0.3, 0.4) is 0 Å². The quantitative estimate of drug-likeness (QED) is 0.755. The van der Waals surface area contributed by atoms with E-state index in [9.17, 15) is 9.90 Å². The average molecular weight is 220 g/mol. The van der Waals surface area contributed by atoms with Crippen molar-refractivity contribution in [2.45, 2.75) is 6.92 Å². The number of nitrogens with two attached hydrogens (primary N) is 1. The van der Waals surface area contributed by atoms with Crippen LogP contribution in [0.4, 0.5) is 5.69 Å². The van der Waals surface area contributed by atoms with E-state index in [0.29, 0.717) is 11.1 Å². The Bertz CT molecular complexity index is 437. The predicted molar refractivity (Wildman–Crippen MR) is 65.3 cm³/mol. The Balaban J connectivity index is 3.09. The van der Waals surface area contributed by atoms with Gasteiger partial charge < -0.3 is 15.7 Å². The molecule has 0 aliphatic carbocycles. The molecule has 4 nitrogen and oxygen atoms in total. The van der Waals surface area contributed by atoms with Gasteiger partial charge in [0.1, 0.15) is 5.75 Å². The average Bonchev–Trinajstić information content (AvgIpc) is 2.20. The van der Waals surface area contributed by atoms with Gasteiger partial charge in [-0.15, -0.1) is 0 Å². The summed E-state index contributed by atoms with van der Waals surface area (Å²) in [5.41, 5.74) is 7.00. The van der Waals surface area contributed by atoms with Gasteiger partial charge in [-0.05, 0) is 25.1 Å².